The van der Waals surface area contributed by atoms with Crippen molar-refractivity contribution in [1.29, 1.82) is 0 Å². The Morgan fingerprint density at radius 3 is 2.62 bits per heavy atom. The second-order valence-electron chi connectivity index (χ2n) is 4.53. The molecule has 0 radical (unpaired) electrons. The van der Waals surface area contributed by atoms with Crippen LogP contribution in [0.4, 0.5) is 8.78 Å². The van der Waals surface area contributed by atoms with Crippen LogP contribution in [0.25, 0.3) is 0 Å². The summed E-state index contributed by atoms with van der Waals surface area (Å²) < 4.78 is 37.4. The van der Waals surface area contributed by atoms with Gasteiger partial charge in [0.25, 0.3) is 0 Å². The lowest BCUT2D eigenvalue weighted by molar-refractivity contribution is 0.277. The molecule has 21 heavy (non-hydrogen) atoms. The van der Waals surface area contributed by atoms with E-state index < -0.39 is 11.6 Å². The smallest absolute Gasteiger partial charge is 0.165 e. The van der Waals surface area contributed by atoms with Crippen LogP contribution in [0.1, 0.15) is 11.1 Å². The minimum atomic E-state index is -0.892. The second kappa shape index (κ2) is 7.04. The van der Waals surface area contributed by atoms with E-state index in [4.69, 9.17) is 15.2 Å². The summed E-state index contributed by atoms with van der Waals surface area (Å²) in [4.78, 5) is 0. The Morgan fingerprint density at radius 2 is 1.90 bits per heavy atom. The molecule has 0 amide bonds. The molecule has 112 valence electrons. The zero-order chi connectivity index (χ0) is 15.2. The predicted molar refractivity (Wildman–Crippen MR) is 76.4 cm³/mol. The molecule has 0 aliphatic carbocycles. The van der Waals surface area contributed by atoms with E-state index in [0.717, 1.165) is 18.1 Å². The minimum Gasteiger partial charge on any atom is -0.493 e. The third-order valence-electron chi connectivity index (χ3n) is 3.08. The van der Waals surface area contributed by atoms with E-state index in [0.29, 0.717) is 18.0 Å². The van der Waals surface area contributed by atoms with Gasteiger partial charge in [-0.15, -0.1) is 0 Å². The van der Waals surface area contributed by atoms with Crippen molar-refractivity contribution in [3.63, 3.8) is 0 Å². The van der Waals surface area contributed by atoms with Gasteiger partial charge in [0.05, 0.1) is 7.11 Å². The van der Waals surface area contributed by atoms with Gasteiger partial charge in [0.2, 0.25) is 0 Å². The molecule has 2 N–H and O–H groups in total. The van der Waals surface area contributed by atoms with Crippen molar-refractivity contribution in [3.05, 3.63) is 59.2 Å². The lowest BCUT2D eigenvalue weighted by atomic mass is 10.1. The van der Waals surface area contributed by atoms with E-state index >= 15 is 0 Å². The number of halogens is 2. The third kappa shape index (κ3) is 3.70. The van der Waals surface area contributed by atoms with Gasteiger partial charge < -0.3 is 15.2 Å². The first kappa shape index (κ1) is 15.3. The van der Waals surface area contributed by atoms with Crippen LogP contribution >= 0.6 is 0 Å². The van der Waals surface area contributed by atoms with Crippen molar-refractivity contribution in [2.75, 3.05) is 13.7 Å². The molecule has 0 aliphatic heterocycles. The van der Waals surface area contributed by atoms with Crippen molar-refractivity contribution in [2.24, 2.45) is 5.73 Å². The maximum atomic E-state index is 13.6. The summed E-state index contributed by atoms with van der Waals surface area (Å²) >= 11 is 0. The average Bonchev–Trinajstić information content (AvgIpc) is 2.50. The van der Waals surface area contributed by atoms with E-state index in [1.54, 1.807) is 6.07 Å². The van der Waals surface area contributed by atoms with Gasteiger partial charge in [0, 0.05) is 5.56 Å². The first-order chi connectivity index (χ1) is 10.2. The molecule has 0 unspecified atom stereocenters. The summed E-state index contributed by atoms with van der Waals surface area (Å²) in [6, 6.07) is 9.42. The van der Waals surface area contributed by atoms with Crippen LogP contribution in [0.15, 0.2) is 36.4 Å². The minimum absolute atomic E-state index is 0.0732. The Hall–Kier alpha value is -2.14. The lowest BCUT2D eigenvalue weighted by Crippen LogP contribution is -2.04. The SMILES string of the molecule is COc1cc(CCN)ccc1OCc1cccc(F)c1F. The Morgan fingerprint density at radius 1 is 1.10 bits per heavy atom. The first-order valence-corrected chi connectivity index (χ1v) is 6.58. The van der Waals surface area contributed by atoms with Crippen LogP contribution in [0.3, 0.4) is 0 Å². The standard InChI is InChI=1S/C16H17F2NO2/c1-20-15-9-11(7-8-19)5-6-14(15)21-10-12-3-2-4-13(17)16(12)18/h2-6,9H,7-8,10,19H2,1H3. The zero-order valence-corrected chi connectivity index (χ0v) is 11.7. The summed E-state index contributed by atoms with van der Waals surface area (Å²) in [7, 11) is 1.52. The molecule has 0 saturated heterocycles. The monoisotopic (exact) mass is 293 g/mol. The van der Waals surface area contributed by atoms with Gasteiger partial charge in [0.1, 0.15) is 6.61 Å². The number of hydrogen-bond acceptors (Lipinski definition) is 3. The number of nitrogens with two attached hydrogens (primary N) is 1. The van der Waals surface area contributed by atoms with E-state index in [9.17, 15) is 8.78 Å². The molecule has 0 aromatic heterocycles. The highest BCUT2D eigenvalue weighted by atomic mass is 19.2. The van der Waals surface area contributed by atoms with Crippen LogP contribution in [0, 0.1) is 11.6 Å². The van der Waals surface area contributed by atoms with E-state index in [1.165, 1.54) is 19.2 Å². The number of rotatable bonds is 6. The molecular weight excluding hydrogens is 276 g/mol. The molecule has 0 fully saturated rings. The van der Waals surface area contributed by atoms with Crippen LogP contribution in [-0.4, -0.2) is 13.7 Å². The average molecular weight is 293 g/mol. The number of hydrogen-bond donors (Lipinski definition) is 1. The molecule has 2 aromatic carbocycles. The van der Waals surface area contributed by atoms with Gasteiger partial charge in [-0.3, -0.25) is 0 Å². The van der Waals surface area contributed by atoms with Gasteiger partial charge in [0.15, 0.2) is 23.1 Å². The van der Waals surface area contributed by atoms with Crippen LogP contribution in [-0.2, 0) is 13.0 Å². The summed E-state index contributed by atoms with van der Waals surface area (Å²) in [6.45, 7) is 0.466. The van der Waals surface area contributed by atoms with Gasteiger partial charge >= 0.3 is 0 Å². The van der Waals surface area contributed by atoms with Crippen LogP contribution in [0.2, 0.25) is 0 Å². The summed E-state index contributed by atoms with van der Waals surface area (Å²) in [5, 5.41) is 0. The quantitative estimate of drug-likeness (QED) is 0.890. The number of ether oxygens (including phenoxy) is 2. The molecule has 0 atom stereocenters. The fraction of sp³-hybridized carbons (Fsp3) is 0.250. The Kier molecular flexibility index (Phi) is 5.11. The summed E-state index contributed by atoms with van der Waals surface area (Å²) in [5.41, 5.74) is 6.69. The fourth-order valence-corrected chi connectivity index (χ4v) is 1.97. The van der Waals surface area contributed by atoms with Crippen molar-refractivity contribution < 1.29 is 18.3 Å². The Bertz CT molecular complexity index is 617. The maximum absolute atomic E-state index is 13.6. The topological polar surface area (TPSA) is 44.5 Å². The molecule has 0 bridgehead atoms. The van der Waals surface area contributed by atoms with Crippen molar-refractivity contribution >= 4 is 0 Å². The van der Waals surface area contributed by atoms with Crippen molar-refractivity contribution in [2.45, 2.75) is 13.0 Å². The maximum Gasteiger partial charge on any atom is 0.165 e. The molecule has 3 nitrogen and oxygen atoms in total. The van der Waals surface area contributed by atoms with Crippen molar-refractivity contribution in [3.8, 4) is 11.5 Å². The molecular formula is C16H17F2NO2. The largest absolute Gasteiger partial charge is 0.493 e. The summed E-state index contributed by atoms with van der Waals surface area (Å²) in [5.74, 6) is -0.766. The molecule has 2 aromatic rings. The molecule has 0 heterocycles. The van der Waals surface area contributed by atoms with Crippen LogP contribution in [0.5, 0.6) is 11.5 Å². The molecule has 0 aliphatic rings. The first-order valence-electron chi connectivity index (χ1n) is 6.58. The highest BCUT2D eigenvalue weighted by Gasteiger charge is 2.10. The Labute approximate surface area is 122 Å². The summed E-state index contributed by atoms with van der Waals surface area (Å²) in [6.07, 6.45) is 0.731. The number of benzene rings is 2. The molecule has 2 rings (SSSR count). The zero-order valence-electron chi connectivity index (χ0n) is 11.7. The lowest BCUT2D eigenvalue weighted by Gasteiger charge is -2.12. The second-order valence-corrected chi connectivity index (χ2v) is 4.53. The van der Waals surface area contributed by atoms with Gasteiger partial charge in [-0.1, -0.05) is 18.2 Å². The van der Waals surface area contributed by atoms with Gasteiger partial charge in [-0.25, -0.2) is 8.78 Å². The Balaban J connectivity index is 2.14. The predicted octanol–water partition coefficient (Wildman–Crippen LogP) is 3.05. The van der Waals surface area contributed by atoms with Gasteiger partial charge in [-0.05, 0) is 36.7 Å². The number of methoxy groups -OCH3 is 1. The molecule has 5 heteroatoms. The van der Waals surface area contributed by atoms with Crippen LogP contribution < -0.4 is 15.2 Å². The normalized spacial score (nSPS) is 10.5. The van der Waals surface area contributed by atoms with E-state index in [2.05, 4.69) is 0 Å². The fourth-order valence-electron chi connectivity index (χ4n) is 1.97. The highest BCUT2D eigenvalue weighted by Crippen LogP contribution is 2.29. The third-order valence-corrected chi connectivity index (χ3v) is 3.08. The highest BCUT2D eigenvalue weighted by molar-refractivity contribution is 5.43. The van der Waals surface area contributed by atoms with E-state index in [1.807, 2.05) is 12.1 Å². The molecule has 0 saturated carbocycles. The molecule has 0 spiro atoms. The van der Waals surface area contributed by atoms with E-state index in [-0.39, 0.29) is 12.2 Å². The van der Waals surface area contributed by atoms with Crippen molar-refractivity contribution in [1.82, 2.24) is 0 Å². The van der Waals surface area contributed by atoms with Gasteiger partial charge in [-0.2, -0.15) is 0 Å².